The average Bonchev–Trinajstić information content (AvgIpc) is 0.824. The van der Waals surface area contributed by atoms with Crippen molar-refractivity contribution in [2.45, 2.75) is 329 Å². The number of hydrogen-bond acceptors (Lipinski definition) is 15. The Hall–Kier alpha value is -9.24. The molecular weight excluding hydrogens is 1530 g/mol. The lowest BCUT2D eigenvalue weighted by atomic mass is 10.1. The molecule has 7 aromatic rings. The molecule has 672 valence electrons. The molecule has 0 unspecified atom stereocenters. The van der Waals surface area contributed by atoms with Crippen LogP contribution in [0.2, 0.25) is 0 Å². The van der Waals surface area contributed by atoms with E-state index in [0.717, 1.165) is 204 Å². The van der Waals surface area contributed by atoms with Crippen molar-refractivity contribution in [3.8, 4) is 34.5 Å². The fourth-order valence-electron chi connectivity index (χ4n) is 14.7. The molecule has 0 atom stereocenters. The third kappa shape index (κ3) is 49.2. The van der Waals surface area contributed by atoms with Crippen molar-refractivity contribution in [1.82, 2.24) is 0 Å². The summed E-state index contributed by atoms with van der Waals surface area (Å²) in [4.78, 5) is 54.9. The highest BCUT2D eigenvalue weighted by molar-refractivity contribution is 6.00. The average molecular weight is 1690 g/mol. The van der Waals surface area contributed by atoms with E-state index >= 15 is 0 Å². The minimum absolute atomic E-state index is 0.103. The SMILES string of the molecule is CCCCCCCCCCCCOc1ccc(C=Nc2ccc(OCCCCCCCCOC(=O)c3cc(C(=O)OCCCCCCCCOc4ccc(N=Cc5ccc(OCCCCCCCCCCCC)cc5)cc4)cc(C(=O)OCCCCCCCCOc4ccc(N=Cc5ccc(OCCCCCCCCCCCC)cc5)cc4)c3)cc2)cc1. The fraction of sp³-hybridized carbons (Fsp3) is 0.556. The summed E-state index contributed by atoms with van der Waals surface area (Å²) in [7, 11) is 0. The predicted molar refractivity (Wildman–Crippen MR) is 509 cm³/mol. The smallest absolute Gasteiger partial charge is 0.338 e. The molecule has 0 heterocycles. The van der Waals surface area contributed by atoms with Gasteiger partial charge in [0.15, 0.2) is 0 Å². The molecule has 123 heavy (non-hydrogen) atoms. The molecule has 0 saturated carbocycles. The van der Waals surface area contributed by atoms with Crippen molar-refractivity contribution in [2.24, 2.45) is 15.0 Å². The third-order valence-electron chi connectivity index (χ3n) is 22.3. The van der Waals surface area contributed by atoms with Crippen LogP contribution < -0.4 is 28.4 Å². The van der Waals surface area contributed by atoms with Crippen LogP contribution in [0.4, 0.5) is 17.1 Å². The van der Waals surface area contributed by atoms with Gasteiger partial charge in [0, 0.05) is 18.6 Å². The molecule has 0 N–H and O–H groups in total. The summed E-state index contributed by atoms with van der Waals surface area (Å²) in [6.07, 6.45) is 61.6. The Morgan fingerprint density at radius 1 is 0.203 bits per heavy atom. The predicted octanol–water partition coefficient (Wildman–Crippen LogP) is 30.6. The zero-order valence-corrected chi connectivity index (χ0v) is 75.9. The Labute approximate surface area is 741 Å². The number of benzene rings is 7. The van der Waals surface area contributed by atoms with Crippen LogP contribution in [0.25, 0.3) is 0 Å². The Morgan fingerprint density at radius 3 is 0.537 bits per heavy atom. The van der Waals surface area contributed by atoms with E-state index in [0.29, 0.717) is 39.1 Å². The van der Waals surface area contributed by atoms with Gasteiger partial charge in [-0.3, -0.25) is 15.0 Å². The largest absolute Gasteiger partial charge is 0.494 e. The molecule has 0 aliphatic carbocycles. The van der Waals surface area contributed by atoms with E-state index < -0.39 is 17.9 Å². The zero-order valence-electron chi connectivity index (χ0n) is 75.9. The summed E-state index contributed by atoms with van der Waals surface area (Å²) >= 11 is 0. The first kappa shape index (κ1) is 101. The molecule has 15 nitrogen and oxygen atoms in total. The molecule has 15 heteroatoms. The first-order valence-electron chi connectivity index (χ1n) is 48.4. The molecule has 0 spiro atoms. The Balaban J connectivity index is 0.747. The van der Waals surface area contributed by atoms with Crippen LogP contribution in [0, 0.1) is 0 Å². The molecule has 0 fully saturated rings. The highest BCUT2D eigenvalue weighted by atomic mass is 16.5. The van der Waals surface area contributed by atoms with Gasteiger partial charge in [-0.1, -0.05) is 271 Å². The van der Waals surface area contributed by atoms with Gasteiger partial charge in [0.05, 0.1) is 93.2 Å². The van der Waals surface area contributed by atoms with Crippen molar-refractivity contribution >= 4 is 53.6 Å². The number of hydrogen-bond donors (Lipinski definition) is 0. The number of ether oxygens (including phenoxy) is 9. The molecule has 7 aromatic carbocycles. The summed E-state index contributed by atoms with van der Waals surface area (Å²) < 4.78 is 53.4. The number of nitrogens with zero attached hydrogens (tertiary/aromatic N) is 3. The summed E-state index contributed by atoms with van der Waals surface area (Å²) in [5, 5.41) is 0. The van der Waals surface area contributed by atoms with Gasteiger partial charge in [-0.25, -0.2) is 14.4 Å². The number of unbranched alkanes of at least 4 members (excludes halogenated alkanes) is 42. The zero-order chi connectivity index (χ0) is 86.4. The number of aliphatic imine (C=N–C) groups is 3. The second kappa shape index (κ2) is 68.1. The Morgan fingerprint density at radius 2 is 0.358 bits per heavy atom. The minimum Gasteiger partial charge on any atom is -0.494 e. The number of carbonyl (C=O) groups is 3. The molecular formula is C108H153N3O12. The van der Waals surface area contributed by atoms with E-state index in [2.05, 4.69) is 35.7 Å². The van der Waals surface area contributed by atoms with Gasteiger partial charge in [-0.05, 0) is 238 Å². The Bertz CT molecular complexity index is 3480. The highest BCUT2D eigenvalue weighted by Gasteiger charge is 2.20. The minimum atomic E-state index is -0.607. The van der Waals surface area contributed by atoms with Crippen LogP contribution in [0.1, 0.15) is 377 Å². The molecule has 0 aliphatic heterocycles. The number of rotatable bonds is 75. The molecule has 0 saturated heterocycles. The summed E-state index contributed by atoms with van der Waals surface area (Å²) in [6.45, 7) is 11.6. The Kier molecular flexibility index (Phi) is 55.9. The molecule has 0 aliphatic rings. The van der Waals surface area contributed by atoms with Gasteiger partial charge in [-0.15, -0.1) is 0 Å². The summed E-state index contributed by atoms with van der Waals surface area (Å²) in [5.74, 6) is 3.32. The van der Waals surface area contributed by atoms with Crippen LogP contribution in [-0.4, -0.2) is 96.0 Å². The lowest BCUT2D eigenvalue weighted by molar-refractivity contribution is 0.0494. The third-order valence-corrected chi connectivity index (χ3v) is 22.3. The molecule has 0 radical (unpaired) electrons. The van der Waals surface area contributed by atoms with Gasteiger partial charge < -0.3 is 42.6 Å². The van der Waals surface area contributed by atoms with Gasteiger partial charge in [0.2, 0.25) is 0 Å². The monoisotopic (exact) mass is 1680 g/mol. The van der Waals surface area contributed by atoms with Gasteiger partial charge in [0.1, 0.15) is 34.5 Å². The second-order valence-corrected chi connectivity index (χ2v) is 33.2. The molecule has 0 aromatic heterocycles. The topological polar surface area (TPSA) is 171 Å². The van der Waals surface area contributed by atoms with Crippen molar-refractivity contribution in [3.05, 3.63) is 197 Å². The normalized spacial score (nSPS) is 11.4. The lowest BCUT2D eigenvalue weighted by Gasteiger charge is -2.11. The van der Waals surface area contributed by atoms with Crippen LogP contribution in [-0.2, 0) is 14.2 Å². The van der Waals surface area contributed by atoms with E-state index in [1.165, 1.54) is 192 Å². The maximum absolute atomic E-state index is 13.6. The standard InChI is InChI=1S/C108H153N3O12/c1-4-7-10-13-16-19-22-25-34-43-76-115-100-64-52-91(53-65-100)88-109-97-58-70-103(71-59-97)118-79-46-37-28-31-40-49-82-121-106(112)94-85-95(107(113)122-83-50-41-32-29-38-47-80-119-104-72-60-98(61-73-104)110-89-92-54-66-101(67-55-92)116-77-44-35-26-23-20-17-14-11-8-5-2)87-96(86-94)108(114)123-84-51-42-33-30-39-48-81-120-105-74-62-99(63-75-105)111-90-93-56-68-102(69-57-93)117-78-45-36-27-24-21-18-15-12-9-6-3/h52-75,85-90H,4-51,76-84H2,1-3H3. The van der Waals surface area contributed by atoms with Crippen LogP contribution in [0.3, 0.4) is 0 Å². The fourth-order valence-corrected chi connectivity index (χ4v) is 14.7. The van der Waals surface area contributed by atoms with Crippen molar-refractivity contribution in [3.63, 3.8) is 0 Å². The molecule has 0 bridgehead atoms. The number of esters is 3. The second-order valence-electron chi connectivity index (χ2n) is 33.2. The van der Waals surface area contributed by atoms with Crippen molar-refractivity contribution in [2.75, 3.05) is 59.5 Å². The summed E-state index contributed by atoms with van der Waals surface area (Å²) in [5.41, 5.74) is 5.94. The summed E-state index contributed by atoms with van der Waals surface area (Å²) in [6, 6.07) is 52.3. The van der Waals surface area contributed by atoms with E-state index in [9.17, 15) is 14.4 Å². The van der Waals surface area contributed by atoms with Crippen LogP contribution in [0.15, 0.2) is 179 Å². The van der Waals surface area contributed by atoms with E-state index in [4.69, 9.17) is 42.6 Å². The van der Waals surface area contributed by atoms with Gasteiger partial charge >= 0.3 is 17.9 Å². The molecule has 0 amide bonds. The van der Waals surface area contributed by atoms with Crippen LogP contribution in [0.5, 0.6) is 34.5 Å². The van der Waals surface area contributed by atoms with Crippen molar-refractivity contribution in [1.29, 1.82) is 0 Å². The first-order valence-corrected chi connectivity index (χ1v) is 48.4. The first-order chi connectivity index (χ1) is 60.7. The molecule has 7 rings (SSSR count). The number of carbonyl (C=O) groups excluding carboxylic acids is 3. The maximum atomic E-state index is 13.6. The van der Waals surface area contributed by atoms with Crippen molar-refractivity contribution < 1.29 is 57.0 Å². The van der Waals surface area contributed by atoms with E-state index in [1.54, 1.807) is 0 Å². The van der Waals surface area contributed by atoms with Gasteiger partial charge in [-0.2, -0.15) is 0 Å². The van der Waals surface area contributed by atoms with E-state index in [-0.39, 0.29) is 36.5 Å². The highest BCUT2D eigenvalue weighted by Crippen LogP contribution is 2.26. The van der Waals surface area contributed by atoms with Crippen LogP contribution >= 0.6 is 0 Å². The van der Waals surface area contributed by atoms with Gasteiger partial charge in [0.25, 0.3) is 0 Å². The van der Waals surface area contributed by atoms with E-state index in [1.807, 2.05) is 164 Å². The lowest BCUT2D eigenvalue weighted by Crippen LogP contribution is -2.14. The quantitative estimate of drug-likeness (QED) is 0.0153. The maximum Gasteiger partial charge on any atom is 0.338 e.